The van der Waals surface area contributed by atoms with Gasteiger partial charge in [-0.25, -0.2) is 0 Å². The molecule has 0 atom stereocenters. The Morgan fingerprint density at radius 3 is 1.94 bits per heavy atom. The van der Waals surface area contributed by atoms with Crippen molar-refractivity contribution in [2.24, 2.45) is 0 Å². The van der Waals surface area contributed by atoms with Crippen molar-refractivity contribution in [3.63, 3.8) is 0 Å². The van der Waals surface area contributed by atoms with Crippen molar-refractivity contribution in [3.8, 4) is 0 Å². The maximum atomic E-state index is 10.8. The molecule has 0 aromatic rings. The fraction of sp³-hybridized carbons (Fsp3) is 0.846. The first-order valence-electron chi connectivity index (χ1n) is 6.44. The molecule has 0 spiro atoms. The largest absolute Gasteiger partial charge is 1.00 e. The first-order valence-corrected chi connectivity index (χ1v) is 6.44. The maximum absolute atomic E-state index is 10.8. The third kappa shape index (κ3) is 16.8. The number of hydrogen-bond donors (Lipinski definition) is 0. The zero-order chi connectivity index (χ0) is 12.1. The van der Waals surface area contributed by atoms with Crippen molar-refractivity contribution < 1.29 is 67.1 Å². The molecule has 96 valence electrons. The number of ether oxygens (including phenoxy) is 1. The quantitative estimate of drug-likeness (QED) is 0.182. The van der Waals surface area contributed by atoms with Gasteiger partial charge in [-0.2, -0.15) is 0 Å². The van der Waals surface area contributed by atoms with Gasteiger partial charge in [-0.1, -0.05) is 58.3 Å². The zero-order valence-electron chi connectivity index (χ0n) is 12.4. The van der Waals surface area contributed by atoms with Crippen LogP contribution in [-0.2, 0) is 14.3 Å². The Hall–Kier alpha value is 0.776. The minimum atomic E-state index is -0.405. The monoisotopic (exact) mass is 268 g/mol. The summed E-state index contributed by atoms with van der Waals surface area (Å²) in [5.41, 5.74) is 0. The van der Waals surface area contributed by atoms with Gasteiger partial charge < -0.3 is 6.16 Å². The summed E-state index contributed by atoms with van der Waals surface area (Å²) in [6.45, 7) is 2.43. The van der Waals surface area contributed by atoms with Gasteiger partial charge in [-0.05, 0) is 6.42 Å². The van der Waals surface area contributed by atoms with Gasteiger partial charge in [-0.15, -0.1) is 0 Å². The Morgan fingerprint density at radius 2 is 1.47 bits per heavy atom. The summed E-state index contributed by atoms with van der Waals surface area (Å²) in [6, 6.07) is 0. The minimum Gasteiger partial charge on any atom is -1.00 e. The zero-order valence-corrected chi connectivity index (χ0v) is 14.5. The van der Waals surface area contributed by atoms with Crippen LogP contribution in [0.5, 0.6) is 0 Å². The Morgan fingerprint density at radius 1 is 1.00 bits per heavy atom. The number of carbonyl (C=O) groups excluding carboxylic acids is 2. The Kier molecular flexibility index (Phi) is 19.8. The van der Waals surface area contributed by atoms with E-state index < -0.39 is 5.97 Å². The van der Waals surface area contributed by atoms with Crippen molar-refractivity contribution >= 4 is 12.4 Å². The van der Waals surface area contributed by atoms with Crippen molar-refractivity contribution in [1.29, 1.82) is 0 Å². The molecule has 0 fully saturated rings. The standard InChI is InChI=1S/C13H24O3.K.H/c1-2-3-4-5-6-7-8-9-10-11-13(15)16-12-14;;/h12H,2-11H2,1H3;;/q;+1;-1. The van der Waals surface area contributed by atoms with E-state index in [1.807, 2.05) is 0 Å². The second kappa shape index (κ2) is 16.8. The summed E-state index contributed by atoms with van der Waals surface area (Å²) in [6.07, 6.45) is 11.3. The average molecular weight is 268 g/mol. The fourth-order valence-corrected chi connectivity index (χ4v) is 1.69. The molecule has 0 radical (unpaired) electrons. The van der Waals surface area contributed by atoms with Crippen LogP contribution in [0.15, 0.2) is 0 Å². The molecular formula is C13H25KO3. The van der Waals surface area contributed by atoms with Crippen molar-refractivity contribution in [3.05, 3.63) is 0 Å². The first kappa shape index (κ1) is 20.1. The molecule has 0 aliphatic carbocycles. The molecule has 0 N–H and O–H groups in total. The molecule has 0 amide bonds. The third-order valence-electron chi connectivity index (χ3n) is 2.66. The Bertz CT molecular complexity index is 189. The number of esters is 1. The van der Waals surface area contributed by atoms with Crippen LogP contribution in [0.4, 0.5) is 0 Å². The molecule has 3 nitrogen and oxygen atoms in total. The van der Waals surface area contributed by atoms with Gasteiger partial charge in [0.25, 0.3) is 0 Å². The van der Waals surface area contributed by atoms with E-state index >= 15 is 0 Å². The predicted octanol–water partition coefficient (Wildman–Crippen LogP) is 0.723. The van der Waals surface area contributed by atoms with Gasteiger partial charge in [0, 0.05) is 6.42 Å². The van der Waals surface area contributed by atoms with Crippen LogP contribution in [-0.4, -0.2) is 12.4 Å². The van der Waals surface area contributed by atoms with Gasteiger partial charge >= 0.3 is 63.8 Å². The van der Waals surface area contributed by atoms with E-state index in [9.17, 15) is 9.59 Å². The molecule has 4 heteroatoms. The van der Waals surface area contributed by atoms with Crippen LogP contribution >= 0.6 is 0 Å². The van der Waals surface area contributed by atoms with Gasteiger partial charge in [-0.3, -0.25) is 9.59 Å². The van der Waals surface area contributed by atoms with Crippen molar-refractivity contribution in [1.82, 2.24) is 0 Å². The molecule has 17 heavy (non-hydrogen) atoms. The SMILES string of the molecule is CCCCCCCCCCCC(=O)OC=O.[H-].[K+]. The van der Waals surface area contributed by atoms with Crippen LogP contribution in [0, 0.1) is 0 Å². The summed E-state index contributed by atoms with van der Waals surface area (Å²) in [4.78, 5) is 20.6. The summed E-state index contributed by atoms with van der Waals surface area (Å²) in [7, 11) is 0. The molecule has 0 bridgehead atoms. The summed E-state index contributed by atoms with van der Waals surface area (Å²) >= 11 is 0. The first-order chi connectivity index (χ1) is 7.81. The average Bonchev–Trinajstić information content (AvgIpc) is 2.27. The normalized spacial score (nSPS) is 9.47. The fourth-order valence-electron chi connectivity index (χ4n) is 1.69. The van der Waals surface area contributed by atoms with E-state index in [1.165, 1.54) is 44.9 Å². The van der Waals surface area contributed by atoms with Crippen LogP contribution in [0.3, 0.4) is 0 Å². The molecule has 0 aliphatic heterocycles. The second-order valence-electron chi connectivity index (χ2n) is 4.16. The minimum absolute atomic E-state index is 0. The van der Waals surface area contributed by atoms with E-state index in [1.54, 1.807) is 0 Å². The van der Waals surface area contributed by atoms with Crippen molar-refractivity contribution in [2.45, 2.75) is 71.1 Å². The molecule has 0 aromatic heterocycles. The van der Waals surface area contributed by atoms with Crippen LogP contribution in [0.25, 0.3) is 0 Å². The smallest absolute Gasteiger partial charge is 1.00 e. The molecule has 0 aromatic carbocycles. The molecule has 0 saturated heterocycles. The molecular weight excluding hydrogens is 243 g/mol. The van der Waals surface area contributed by atoms with E-state index in [2.05, 4.69) is 11.7 Å². The molecule has 0 aliphatic rings. The van der Waals surface area contributed by atoms with E-state index in [0.29, 0.717) is 6.42 Å². The number of rotatable bonds is 11. The number of hydrogen-bond acceptors (Lipinski definition) is 3. The molecule has 0 heterocycles. The number of unbranched alkanes of at least 4 members (excludes halogenated alkanes) is 8. The Labute approximate surface area is 149 Å². The van der Waals surface area contributed by atoms with Gasteiger partial charge in [0.2, 0.25) is 0 Å². The van der Waals surface area contributed by atoms with Crippen LogP contribution < -0.4 is 51.4 Å². The third-order valence-corrected chi connectivity index (χ3v) is 2.66. The van der Waals surface area contributed by atoms with Gasteiger partial charge in [0.05, 0.1) is 0 Å². The molecule has 0 unspecified atom stereocenters. The van der Waals surface area contributed by atoms with Crippen LogP contribution in [0.2, 0.25) is 0 Å². The summed E-state index contributed by atoms with van der Waals surface area (Å²) in [5.74, 6) is -0.405. The summed E-state index contributed by atoms with van der Waals surface area (Å²) < 4.78 is 4.19. The number of carbonyl (C=O) groups is 2. The van der Waals surface area contributed by atoms with Crippen molar-refractivity contribution in [2.75, 3.05) is 0 Å². The summed E-state index contributed by atoms with van der Waals surface area (Å²) in [5, 5.41) is 0. The molecule has 0 rings (SSSR count). The predicted molar refractivity (Wildman–Crippen MR) is 65.1 cm³/mol. The van der Waals surface area contributed by atoms with E-state index in [0.717, 1.165) is 12.8 Å². The second-order valence-corrected chi connectivity index (χ2v) is 4.16. The van der Waals surface area contributed by atoms with E-state index in [4.69, 9.17) is 0 Å². The Balaban J connectivity index is -0.00000112. The van der Waals surface area contributed by atoms with Gasteiger partial charge in [0.15, 0.2) is 0 Å². The molecule has 0 saturated carbocycles. The van der Waals surface area contributed by atoms with Gasteiger partial charge in [0.1, 0.15) is 0 Å². The maximum Gasteiger partial charge on any atom is 1.00 e. The van der Waals surface area contributed by atoms with E-state index in [-0.39, 0.29) is 59.3 Å². The van der Waals surface area contributed by atoms with Crippen LogP contribution in [0.1, 0.15) is 72.6 Å². The topological polar surface area (TPSA) is 43.4 Å².